The third kappa shape index (κ3) is 8.97. The van der Waals surface area contributed by atoms with Crippen LogP contribution in [-0.2, 0) is 6.42 Å². The summed E-state index contributed by atoms with van der Waals surface area (Å²) in [5.74, 6) is 3.51. The molecule has 25 heavy (non-hydrogen) atoms. The molecule has 0 atom stereocenters. The predicted octanol–water partition coefficient (Wildman–Crippen LogP) is 4.86. The number of nitrogens with one attached hydrogen (secondary N) is 1. The van der Waals surface area contributed by atoms with Crippen molar-refractivity contribution in [3.8, 4) is 23.7 Å². The van der Waals surface area contributed by atoms with Crippen LogP contribution in [0.1, 0.15) is 18.4 Å². The van der Waals surface area contributed by atoms with Gasteiger partial charge in [-0.25, -0.2) is 0 Å². The molecule has 0 saturated carbocycles. The highest BCUT2D eigenvalue weighted by Crippen LogP contribution is 2.23. The Labute approximate surface area is 142 Å². The van der Waals surface area contributed by atoms with Crippen LogP contribution in [0.4, 0.5) is 17.6 Å². The summed E-state index contributed by atoms with van der Waals surface area (Å²) in [5, 5.41) is 15.4. The van der Waals surface area contributed by atoms with Crippen molar-refractivity contribution < 1.29 is 22.3 Å². The Hall–Kier alpha value is -3.06. The summed E-state index contributed by atoms with van der Waals surface area (Å²) in [7, 11) is 0. The predicted molar refractivity (Wildman–Crippen MR) is 85.5 cm³/mol. The van der Waals surface area contributed by atoms with Crippen LogP contribution in [0.15, 0.2) is 48.1 Å². The van der Waals surface area contributed by atoms with Crippen molar-refractivity contribution in [1.82, 2.24) is 0 Å². The molecule has 1 aromatic carbocycles. The molecule has 0 aliphatic heterocycles. The minimum absolute atomic E-state index is 0.136. The Morgan fingerprint density at radius 2 is 2.04 bits per heavy atom. The first kappa shape index (κ1) is 20.0. The molecule has 0 radical (unpaired) electrons. The number of nitrogens with zero attached hydrogens (tertiary/aromatic N) is 1. The fraction of sp³-hybridized carbons (Fsp3) is 0.222. The smallest absolute Gasteiger partial charge is 0.406 e. The number of ether oxygens (including phenoxy) is 1. The lowest BCUT2D eigenvalue weighted by molar-refractivity contribution is -0.274. The fourth-order valence-corrected chi connectivity index (χ4v) is 1.68. The lowest BCUT2D eigenvalue weighted by Gasteiger charge is -2.09. The fourth-order valence-electron chi connectivity index (χ4n) is 1.68. The van der Waals surface area contributed by atoms with Crippen LogP contribution in [0.5, 0.6) is 5.75 Å². The number of nitriles is 1. The van der Waals surface area contributed by atoms with Gasteiger partial charge in [-0.1, -0.05) is 36.1 Å². The molecule has 1 N–H and O–H groups in total. The van der Waals surface area contributed by atoms with Gasteiger partial charge >= 0.3 is 6.36 Å². The topological polar surface area (TPSA) is 56.9 Å². The van der Waals surface area contributed by atoms with Gasteiger partial charge in [0, 0.05) is 12.8 Å². The number of rotatable bonds is 6. The third-order valence-corrected chi connectivity index (χ3v) is 2.71. The van der Waals surface area contributed by atoms with E-state index in [9.17, 15) is 17.6 Å². The number of benzene rings is 1. The Morgan fingerprint density at radius 3 is 2.68 bits per heavy atom. The Bertz CT molecular complexity index is 762. The van der Waals surface area contributed by atoms with E-state index in [0.717, 1.165) is 0 Å². The van der Waals surface area contributed by atoms with E-state index >= 15 is 0 Å². The number of halogens is 4. The lowest BCUT2D eigenvalue weighted by atomic mass is 10.1. The van der Waals surface area contributed by atoms with E-state index < -0.39 is 12.3 Å². The van der Waals surface area contributed by atoms with Crippen LogP contribution in [-0.4, -0.2) is 12.3 Å². The number of allylic oxidation sites excluding steroid dienone is 4. The van der Waals surface area contributed by atoms with Gasteiger partial charge in [0.15, 0.2) is 0 Å². The minimum atomic E-state index is -4.75. The number of hydrogen-bond donors (Lipinski definition) is 1. The highest BCUT2D eigenvalue weighted by molar-refractivity contribution is 5.95. The molecule has 7 heteroatoms. The van der Waals surface area contributed by atoms with Gasteiger partial charge in [-0.05, 0) is 30.2 Å². The summed E-state index contributed by atoms with van der Waals surface area (Å²) < 4.78 is 53.3. The van der Waals surface area contributed by atoms with Gasteiger partial charge in [-0.15, -0.1) is 13.2 Å². The molecule has 0 aliphatic carbocycles. The Morgan fingerprint density at radius 1 is 1.28 bits per heavy atom. The maximum absolute atomic E-state index is 13.0. The number of hydrogen-bond acceptors (Lipinski definition) is 3. The van der Waals surface area contributed by atoms with Crippen molar-refractivity contribution in [3.05, 3.63) is 53.6 Å². The molecule has 0 heterocycles. The molecule has 0 unspecified atom stereocenters. The molecule has 0 aromatic heterocycles. The van der Waals surface area contributed by atoms with E-state index in [2.05, 4.69) is 16.6 Å². The van der Waals surface area contributed by atoms with E-state index in [1.165, 1.54) is 30.4 Å². The van der Waals surface area contributed by atoms with Gasteiger partial charge < -0.3 is 4.74 Å². The van der Waals surface area contributed by atoms with Gasteiger partial charge in [0.25, 0.3) is 0 Å². The first-order valence-electron chi connectivity index (χ1n) is 7.13. The maximum Gasteiger partial charge on any atom is 0.573 e. The van der Waals surface area contributed by atoms with Crippen LogP contribution in [0, 0.1) is 28.6 Å². The molecule has 0 saturated heterocycles. The molecule has 0 bridgehead atoms. The zero-order chi connectivity index (χ0) is 18.7. The summed E-state index contributed by atoms with van der Waals surface area (Å²) in [6.07, 6.45) is 0.366. The first-order chi connectivity index (χ1) is 11.8. The average molecular weight is 350 g/mol. The van der Waals surface area contributed by atoms with E-state index in [-0.39, 0.29) is 24.2 Å². The standard InChI is InChI=1S/C18H14F4N2O/c19-17(24)15(9-2-1-5-12-23)10-4-3-7-14-8-6-11-16(13-14)25-18(20,21)22/h3-4,6,8,10-11,13,24H,1,5,7H2/b4-3+,15-10-,24-17?. The molecule has 1 aromatic rings. The monoisotopic (exact) mass is 350 g/mol. The quantitative estimate of drug-likeness (QED) is 0.262. The van der Waals surface area contributed by atoms with Crippen LogP contribution >= 0.6 is 0 Å². The van der Waals surface area contributed by atoms with Gasteiger partial charge in [-0.2, -0.15) is 9.65 Å². The summed E-state index contributed by atoms with van der Waals surface area (Å²) in [6.45, 7) is 0. The van der Waals surface area contributed by atoms with Gasteiger partial charge in [0.1, 0.15) is 5.75 Å². The van der Waals surface area contributed by atoms with Crippen molar-refractivity contribution in [2.24, 2.45) is 0 Å². The highest BCUT2D eigenvalue weighted by Gasteiger charge is 2.30. The van der Waals surface area contributed by atoms with Gasteiger partial charge in [0.05, 0.1) is 11.6 Å². The van der Waals surface area contributed by atoms with Crippen molar-refractivity contribution in [2.45, 2.75) is 25.6 Å². The normalized spacial score (nSPS) is 11.6. The molecule has 3 nitrogen and oxygen atoms in total. The van der Waals surface area contributed by atoms with Crippen molar-refractivity contribution in [3.63, 3.8) is 0 Å². The summed E-state index contributed by atoms with van der Waals surface area (Å²) in [4.78, 5) is 0. The molecule has 0 spiro atoms. The molecule has 130 valence electrons. The molecular formula is C18H14F4N2O. The summed E-state index contributed by atoms with van der Waals surface area (Å²) in [6, 6.07) is 7.40. The number of alkyl halides is 3. The van der Waals surface area contributed by atoms with Crippen molar-refractivity contribution in [2.75, 3.05) is 0 Å². The van der Waals surface area contributed by atoms with Crippen LogP contribution < -0.4 is 4.74 Å². The van der Waals surface area contributed by atoms with Gasteiger partial charge in [-0.3, -0.25) is 5.41 Å². The second kappa shape index (κ2) is 9.94. The molecule has 0 fully saturated rings. The van der Waals surface area contributed by atoms with Crippen molar-refractivity contribution >= 4 is 5.97 Å². The SMILES string of the molecule is N#CCCC#C/C(=C/C=C/Cc1cccc(OC(F)(F)F)c1)C(=N)F. The lowest BCUT2D eigenvalue weighted by Crippen LogP contribution is -2.17. The molecule has 0 amide bonds. The van der Waals surface area contributed by atoms with Crippen molar-refractivity contribution in [1.29, 1.82) is 10.7 Å². The second-order valence-electron chi connectivity index (χ2n) is 4.68. The molecule has 0 aliphatic rings. The zero-order valence-electron chi connectivity index (χ0n) is 13.0. The molecule has 1 rings (SSSR count). The summed E-state index contributed by atoms with van der Waals surface area (Å²) in [5.41, 5.74) is 0.437. The van der Waals surface area contributed by atoms with E-state index in [1.807, 2.05) is 6.07 Å². The van der Waals surface area contributed by atoms with Gasteiger partial charge in [0.2, 0.25) is 5.97 Å². The Kier molecular flexibility index (Phi) is 7.95. The Balaban J connectivity index is 2.72. The first-order valence-corrected chi connectivity index (χ1v) is 7.13. The maximum atomic E-state index is 13.0. The molecular weight excluding hydrogens is 336 g/mol. The van der Waals surface area contributed by atoms with Crippen LogP contribution in [0.25, 0.3) is 0 Å². The zero-order valence-corrected chi connectivity index (χ0v) is 13.0. The average Bonchev–Trinajstić information content (AvgIpc) is 2.51. The number of unbranched alkanes of at least 4 members (excludes halogenated alkanes) is 1. The van der Waals surface area contributed by atoms with E-state index in [1.54, 1.807) is 12.1 Å². The minimum Gasteiger partial charge on any atom is -0.406 e. The van der Waals surface area contributed by atoms with E-state index in [0.29, 0.717) is 12.0 Å². The highest BCUT2D eigenvalue weighted by atomic mass is 19.4. The second-order valence-corrected chi connectivity index (χ2v) is 4.68. The largest absolute Gasteiger partial charge is 0.573 e. The third-order valence-electron chi connectivity index (χ3n) is 2.71. The summed E-state index contributed by atoms with van der Waals surface area (Å²) >= 11 is 0. The van der Waals surface area contributed by atoms with Crippen LogP contribution in [0.3, 0.4) is 0 Å². The van der Waals surface area contributed by atoms with E-state index in [4.69, 9.17) is 10.7 Å². The van der Waals surface area contributed by atoms with Crippen LogP contribution in [0.2, 0.25) is 0 Å².